The summed E-state index contributed by atoms with van der Waals surface area (Å²) < 4.78 is 28.1. The summed E-state index contributed by atoms with van der Waals surface area (Å²) in [5, 5.41) is 3.82. The fourth-order valence-electron chi connectivity index (χ4n) is 1.63. The standard InChI is InChI=1S/C12H11BrF2N4O/c13-9-2-1-3-10(4-9)18-7-17-19(12(18)20)6-8(5-16)11(14)15/h1-4,7H,5-6,16H2. The van der Waals surface area contributed by atoms with E-state index in [1.807, 2.05) is 6.07 Å². The van der Waals surface area contributed by atoms with Crippen molar-refractivity contribution in [3.8, 4) is 5.69 Å². The average Bonchev–Trinajstić information content (AvgIpc) is 2.77. The molecule has 0 aliphatic carbocycles. The number of rotatable bonds is 4. The lowest BCUT2D eigenvalue weighted by molar-refractivity contribution is 0.400. The Kier molecular flexibility index (Phi) is 4.46. The molecule has 20 heavy (non-hydrogen) atoms. The molecule has 5 nitrogen and oxygen atoms in total. The van der Waals surface area contributed by atoms with Gasteiger partial charge in [-0.25, -0.2) is 14.0 Å². The van der Waals surface area contributed by atoms with Crippen LogP contribution in [-0.2, 0) is 6.54 Å². The summed E-state index contributed by atoms with van der Waals surface area (Å²) in [6.45, 7) is -0.642. The van der Waals surface area contributed by atoms with Gasteiger partial charge < -0.3 is 5.73 Å². The van der Waals surface area contributed by atoms with E-state index < -0.39 is 11.8 Å². The van der Waals surface area contributed by atoms with Gasteiger partial charge in [0.1, 0.15) is 6.33 Å². The Bertz CT molecular complexity index is 703. The second kappa shape index (κ2) is 6.10. The number of hydrogen-bond donors (Lipinski definition) is 1. The van der Waals surface area contributed by atoms with Crippen molar-refractivity contribution in [1.82, 2.24) is 14.3 Å². The van der Waals surface area contributed by atoms with Crippen molar-refractivity contribution in [2.75, 3.05) is 6.54 Å². The third kappa shape index (κ3) is 3.02. The smallest absolute Gasteiger partial charge is 0.327 e. The molecule has 2 aromatic rings. The Morgan fingerprint density at radius 3 is 2.75 bits per heavy atom. The average molecular weight is 345 g/mol. The molecule has 0 saturated carbocycles. The third-order valence-electron chi connectivity index (χ3n) is 2.67. The molecule has 1 aromatic carbocycles. The molecule has 0 spiro atoms. The van der Waals surface area contributed by atoms with Crippen molar-refractivity contribution < 1.29 is 8.78 Å². The molecule has 1 aromatic heterocycles. The highest BCUT2D eigenvalue weighted by atomic mass is 79.9. The van der Waals surface area contributed by atoms with Crippen molar-refractivity contribution in [2.24, 2.45) is 5.73 Å². The summed E-state index contributed by atoms with van der Waals surface area (Å²) in [6.07, 6.45) is -0.592. The summed E-state index contributed by atoms with van der Waals surface area (Å²) in [5.41, 5.74) is 4.99. The lowest BCUT2D eigenvalue weighted by atomic mass is 10.3. The van der Waals surface area contributed by atoms with Gasteiger partial charge in [-0.15, -0.1) is 0 Å². The predicted octanol–water partition coefficient (Wildman–Crippen LogP) is 1.91. The summed E-state index contributed by atoms with van der Waals surface area (Å²) in [4.78, 5) is 12.1. The molecule has 0 bridgehead atoms. The Labute approximate surface area is 121 Å². The summed E-state index contributed by atoms with van der Waals surface area (Å²) in [6, 6.07) is 7.01. The first-order valence-electron chi connectivity index (χ1n) is 5.66. The Balaban J connectivity index is 2.38. The maximum atomic E-state index is 12.5. The van der Waals surface area contributed by atoms with E-state index in [0.717, 1.165) is 9.15 Å². The van der Waals surface area contributed by atoms with E-state index in [9.17, 15) is 13.6 Å². The minimum absolute atomic E-state index is 0.313. The van der Waals surface area contributed by atoms with Crippen LogP contribution >= 0.6 is 15.9 Å². The van der Waals surface area contributed by atoms with Crippen LogP contribution in [0.5, 0.6) is 0 Å². The normalized spacial score (nSPS) is 10.6. The Morgan fingerprint density at radius 1 is 1.40 bits per heavy atom. The minimum atomic E-state index is -1.88. The molecule has 0 fully saturated rings. The first-order chi connectivity index (χ1) is 9.52. The number of nitrogens with two attached hydrogens (primary N) is 1. The maximum Gasteiger partial charge on any atom is 0.350 e. The van der Waals surface area contributed by atoms with Gasteiger partial charge in [-0.3, -0.25) is 0 Å². The van der Waals surface area contributed by atoms with Gasteiger partial charge in [0.05, 0.1) is 12.2 Å². The van der Waals surface area contributed by atoms with Crippen LogP contribution in [0.1, 0.15) is 0 Å². The zero-order chi connectivity index (χ0) is 14.7. The fraction of sp³-hybridized carbons (Fsp3) is 0.167. The minimum Gasteiger partial charge on any atom is -0.327 e. The summed E-state index contributed by atoms with van der Waals surface area (Å²) in [5.74, 6) is 0. The molecule has 8 heteroatoms. The summed E-state index contributed by atoms with van der Waals surface area (Å²) >= 11 is 3.30. The lowest BCUT2D eigenvalue weighted by Gasteiger charge is -2.03. The predicted molar refractivity (Wildman–Crippen MR) is 73.8 cm³/mol. The first-order valence-corrected chi connectivity index (χ1v) is 6.45. The van der Waals surface area contributed by atoms with E-state index in [1.54, 1.807) is 18.2 Å². The molecule has 0 amide bonds. The Hall–Kier alpha value is -1.80. The van der Waals surface area contributed by atoms with Crippen LogP contribution in [-0.4, -0.2) is 20.9 Å². The van der Waals surface area contributed by atoms with Gasteiger partial charge >= 0.3 is 5.69 Å². The number of hydrogen-bond acceptors (Lipinski definition) is 3. The second-order valence-corrected chi connectivity index (χ2v) is 4.90. The van der Waals surface area contributed by atoms with Gasteiger partial charge in [-0.2, -0.15) is 13.9 Å². The number of halogens is 3. The number of benzene rings is 1. The van der Waals surface area contributed by atoms with Gasteiger partial charge in [0, 0.05) is 16.6 Å². The van der Waals surface area contributed by atoms with E-state index in [-0.39, 0.29) is 18.7 Å². The molecule has 0 saturated heterocycles. The third-order valence-corrected chi connectivity index (χ3v) is 3.17. The lowest BCUT2D eigenvalue weighted by Crippen LogP contribution is -2.26. The molecule has 0 unspecified atom stereocenters. The highest BCUT2D eigenvalue weighted by molar-refractivity contribution is 9.10. The zero-order valence-electron chi connectivity index (χ0n) is 10.3. The van der Waals surface area contributed by atoms with Crippen LogP contribution in [0.25, 0.3) is 5.69 Å². The van der Waals surface area contributed by atoms with E-state index in [2.05, 4.69) is 21.0 Å². The molecule has 2 rings (SSSR count). The van der Waals surface area contributed by atoms with Gasteiger partial charge in [-0.05, 0) is 18.2 Å². The van der Waals surface area contributed by atoms with Crippen LogP contribution in [0.4, 0.5) is 8.78 Å². The maximum absolute atomic E-state index is 12.5. The highest BCUT2D eigenvalue weighted by Gasteiger charge is 2.11. The highest BCUT2D eigenvalue weighted by Crippen LogP contribution is 2.14. The molecule has 0 atom stereocenters. The van der Waals surface area contributed by atoms with Crippen LogP contribution < -0.4 is 11.4 Å². The van der Waals surface area contributed by atoms with Gasteiger partial charge in [-0.1, -0.05) is 22.0 Å². The monoisotopic (exact) mass is 344 g/mol. The summed E-state index contributed by atoms with van der Waals surface area (Å²) in [7, 11) is 0. The molecule has 1 heterocycles. The SMILES string of the molecule is NCC(Cn1ncn(-c2cccc(Br)c2)c1=O)=C(F)F. The zero-order valence-corrected chi connectivity index (χ0v) is 11.8. The van der Waals surface area contributed by atoms with Gasteiger partial charge in [0.2, 0.25) is 0 Å². The molecule has 2 N–H and O–H groups in total. The van der Waals surface area contributed by atoms with Crippen LogP contribution in [0.15, 0.2) is 51.5 Å². The number of nitrogens with zero attached hydrogens (tertiary/aromatic N) is 3. The van der Waals surface area contributed by atoms with Crippen molar-refractivity contribution >= 4 is 15.9 Å². The van der Waals surface area contributed by atoms with E-state index in [4.69, 9.17) is 5.73 Å². The van der Waals surface area contributed by atoms with Gasteiger partial charge in [0.15, 0.2) is 0 Å². The van der Waals surface area contributed by atoms with Crippen molar-refractivity contribution in [2.45, 2.75) is 6.54 Å². The quantitative estimate of drug-likeness (QED) is 0.921. The first kappa shape index (κ1) is 14.6. The van der Waals surface area contributed by atoms with Crippen LogP contribution in [0.2, 0.25) is 0 Å². The van der Waals surface area contributed by atoms with Gasteiger partial charge in [0.25, 0.3) is 6.08 Å². The second-order valence-electron chi connectivity index (χ2n) is 3.99. The molecule has 0 radical (unpaired) electrons. The molecule has 0 aliphatic rings. The molecular formula is C12H11BrF2N4O. The van der Waals surface area contributed by atoms with E-state index in [1.165, 1.54) is 10.9 Å². The Morgan fingerprint density at radius 2 is 2.15 bits per heavy atom. The van der Waals surface area contributed by atoms with Crippen LogP contribution in [0.3, 0.4) is 0 Å². The fourth-order valence-corrected chi connectivity index (χ4v) is 2.02. The number of aromatic nitrogens is 3. The van der Waals surface area contributed by atoms with E-state index in [0.29, 0.717) is 5.69 Å². The van der Waals surface area contributed by atoms with Crippen molar-refractivity contribution in [1.29, 1.82) is 0 Å². The van der Waals surface area contributed by atoms with Crippen molar-refractivity contribution in [3.63, 3.8) is 0 Å². The topological polar surface area (TPSA) is 65.8 Å². The van der Waals surface area contributed by atoms with E-state index >= 15 is 0 Å². The largest absolute Gasteiger partial charge is 0.350 e. The molecule has 106 valence electrons. The van der Waals surface area contributed by atoms with Crippen molar-refractivity contribution in [3.05, 3.63) is 57.2 Å². The molecule has 0 aliphatic heterocycles. The van der Waals surface area contributed by atoms with Crippen LogP contribution in [0, 0.1) is 0 Å². The molecular weight excluding hydrogens is 334 g/mol.